The molecule has 1 fully saturated rings. The first-order valence-electron chi connectivity index (χ1n) is 10.5. The van der Waals surface area contributed by atoms with E-state index in [2.05, 4.69) is 27.7 Å². The van der Waals surface area contributed by atoms with Crippen molar-refractivity contribution in [1.82, 2.24) is 10.1 Å². The summed E-state index contributed by atoms with van der Waals surface area (Å²) in [4.78, 5) is 29.7. The molecule has 2 unspecified atom stereocenters. The number of aryl methyl sites for hydroxylation is 1. The van der Waals surface area contributed by atoms with Crippen LogP contribution in [-0.2, 0) is 4.79 Å². The maximum atomic E-state index is 13.0. The molecular formula is C24H26N4O3. The summed E-state index contributed by atoms with van der Waals surface area (Å²) in [6.07, 6.45) is 0.913. The van der Waals surface area contributed by atoms with E-state index < -0.39 is 0 Å². The smallest absolute Gasteiger partial charge is 0.260 e. The van der Waals surface area contributed by atoms with Gasteiger partial charge in [0.25, 0.3) is 11.8 Å². The van der Waals surface area contributed by atoms with Crippen molar-refractivity contribution < 1.29 is 14.1 Å². The van der Waals surface area contributed by atoms with Gasteiger partial charge in [-0.15, -0.1) is 0 Å². The maximum Gasteiger partial charge on any atom is 0.260 e. The molecular weight excluding hydrogens is 392 g/mol. The van der Waals surface area contributed by atoms with E-state index in [4.69, 9.17) is 4.52 Å². The molecule has 1 saturated carbocycles. The largest absolute Gasteiger partial charge is 0.334 e. The van der Waals surface area contributed by atoms with E-state index in [-0.39, 0.29) is 23.7 Å². The van der Waals surface area contributed by atoms with E-state index in [9.17, 15) is 9.59 Å². The highest BCUT2D eigenvalue weighted by Crippen LogP contribution is 2.38. The van der Waals surface area contributed by atoms with Gasteiger partial charge in [0.2, 0.25) is 5.91 Å². The number of hydrogen-bond acceptors (Lipinski definition) is 5. The van der Waals surface area contributed by atoms with E-state index in [1.165, 1.54) is 0 Å². The minimum atomic E-state index is -0.282. The van der Waals surface area contributed by atoms with Gasteiger partial charge in [-0.25, -0.2) is 0 Å². The lowest BCUT2D eigenvalue weighted by atomic mass is 10.1. The van der Waals surface area contributed by atoms with E-state index >= 15 is 0 Å². The molecule has 1 aliphatic carbocycles. The summed E-state index contributed by atoms with van der Waals surface area (Å²) < 4.78 is 5.43. The Morgan fingerprint density at radius 3 is 2.55 bits per heavy atom. The van der Waals surface area contributed by atoms with E-state index in [1.54, 1.807) is 24.3 Å². The van der Waals surface area contributed by atoms with Gasteiger partial charge in [-0.1, -0.05) is 44.1 Å². The standard InChI is InChI=1S/C24H26N4O3/c1-13(2)21-27-24(31-28-21)18-10-5-7-14(3)20(18)26-22(29)16-8-6-9-17(12-16)25-23(30)19-11-15(19)4/h5-10,12-13,15,19H,11H2,1-4H3,(H,25,30)(H,26,29). The maximum absolute atomic E-state index is 13.0. The number of nitrogens with zero attached hydrogens (tertiary/aromatic N) is 2. The van der Waals surface area contributed by atoms with Gasteiger partial charge in [-0.3, -0.25) is 9.59 Å². The Hall–Kier alpha value is -3.48. The van der Waals surface area contributed by atoms with E-state index in [0.29, 0.717) is 40.1 Å². The van der Waals surface area contributed by atoms with Crippen molar-refractivity contribution in [2.24, 2.45) is 11.8 Å². The molecule has 7 heteroatoms. The zero-order chi connectivity index (χ0) is 22.1. The molecule has 3 aromatic rings. The molecule has 0 aliphatic heterocycles. The van der Waals surface area contributed by atoms with E-state index in [0.717, 1.165) is 12.0 Å². The van der Waals surface area contributed by atoms with Crippen molar-refractivity contribution in [1.29, 1.82) is 0 Å². The molecule has 1 aromatic heterocycles. The van der Waals surface area contributed by atoms with Crippen LogP contribution in [0.3, 0.4) is 0 Å². The summed E-state index contributed by atoms with van der Waals surface area (Å²) >= 11 is 0. The van der Waals surface area contributed by atoms with Crippen molar-refractivity contribution in [3.05, 3.63) is 59.4 Å². The Bertz CT molecular complexity index is 1140. The predicted octanol–water partition coefficient (Wildman–Crippen LogP) is 5.02. The lowest BCUT2D eigenvalue weighted by Crippen LogP contribution is -2.16. The van der Waals surface area contributed by atoms with Gasteiger partial charge in [0.1, 0.15) is 0 Å². The molecule has 7 nitrogen and oxygen atoms in total. The summed E-state index contributed by atoms with van der Waals surface area (Å²) in [6, 6.07) is 12.6. The molecule has 2 N–H and O–H groups in total. The van der Waals surface area contributed by atoms with Gasteiger partial charge in [-0.2, -0.15) is 4.98 Å². The topological polar surface area (TPSA) is 97.1 Å². The Morgan fingerprint density at radius 1 is 1.13 bits per heavy atom. The third-order valence-electron chi connectivity index (χ3n) is 5.54. The van der Waals surface area contributed by atoms with Crippen molar-refractivity contribution in [3.8, 4) is 11.5 Å². The van der Waals surface area contributed by atoms with Crippen molar-refractivity contribution in [3.63, 3.8) is 0 Å². The molecule has 2 atom stereocenters. The molecule has 0 radical (unpaired) electrons. The minimum Gasteiger partial charge on any atom is -0.334 e. The normalized spacial score (nSPS) is 17.5. The first-order chi connectivity index (χ1) is 14.8. The van der Waals surface area contributed by atoms with E-state index in [1.807, 2.05) is 39.0 Å². The SMILES string of the molecule is Cc1cccc(-c2nc(C(C)C)no2)c1NC(=O)c1cccc(NC(=O)C2CC2C)c1. The number of rotatable bonds is 6. The number of nitrogens with one attached hydrogen (secondary N) is 2. The fourth-order valence-electron chi connectivity index (χ4n) is 3.44. The van der Waals surface area contributed by atoms with Crippen LogP contribution in [0.25, 0.3) is 11.5 Å². The number of carbonyl (C=O) groups excluding carboxylic acids is 2. The molecule has 0 spiro atoms. The minimum absolute atomic E-state index is 0.00333. The highest BCUT2D eigenvalue weighted by atomic mass is 16.5. The highest BCUT2D eigenvalue weighted by Gasteiger charge is 2.39. The van der Waals surface area contributed by atoms with Gasteiger partial charge in [0.05, 0.1) is 11.3 Å². The first kappa shape index (κ1) is 20.8. The van der Waals surface area contributed by atoms with Crippen molar-refractivity contribution in [2.45, 2.75) is 40.0 Å². The molecule has 160 valence electrons. The molecule has 1 aliphatic rings. The third-order valence-corrected chi connectivity index (χ3v) is 5.54. The zero-order valence-corrected chi connectivity index (χ0v) is 18.1. The first-order valence-corrected chi connectivity index (χ1v) is 10.5. The summed E-state index contributed by atoms with van der Waals surface area (Å²) in [7, 11) is 0. The quantitative estimate of drug-likeness (QED) is 0.586. The number of aromatic nitrogens is 2. The lowest BCUT2D eigenvalue weighted by Gasteiger charge is -2.13. The molecule has 0 bridgehead atoms. The second-order valence-corrected chi connectivity index (χ2v) is 8.45. The monoisotopic (exact) mass is 418 g/mol. The summed E-state index contributed by atoms with van der Waals surface area (Å²) in [6.45, 7) is 7.94. The summed E-state index contributed by atoms with van der Waals surface area (Å²) in [5.41, 5.74) is 3.22. The van der Waals surface area contributed by atoms with Gasteiger partial charge in [0.15, 0.2) is 5.82 Å². The number of hydrogen-bond donors (Lipinski definition) is 2. The Morgan fingerprint density at radius 2 is 1.87 bits per heavy atom. The molecule has 1 heterocycles. The highest BCUT2D eigenvalue weighted by molar-refractivity contribution is 6.07. The summed E-state index contributed by atoms with van der Waals surface area (Å²) in [5.74, 6) is 1.32. The van der Waals surface area contributed by atoms with Crippen LogP contribution >= 0.6 is 0 Å². The molecule has 4 rings (SSSR count). The lowest BCUT2D eigenvalue weighted by molar-refractivity contribution is -0.117. The number of carbonyl (C=O) groups is 2. The number of para-hydroxylation sites is 1. The van der Waals surface area contributed by atoms with Crippen LogP contribution in [0.15, 0.2) is 47.0 Å². The van der Waals surface area contributed by atoms with Gasteiger partial charge in [0, 0.05) is 23.1 Å². The third kappa shape index (κ3) is 4.50. The zero-order valence-electron chi connectivity index (χ0n) is 18.1. The predicted molar refractivity (Wildman–Crippen MR) is 119 cm³/mol. The molecule has 0 saturated heterocycles. The van der Waals surface area contributed by atoms with Crippen LogP contribution < -0.4 is 10.6 Å². The number of benzene rings is 2. The van der Waals surface area contributed by atoms with Crippen LogP contribution in [0.5, 0.6) is 0 Å². The van der Waals surface area contributed by atoms with Crippen LogP contribution in [0.2, 0.25) is 0 Å². The van der Waals surface area contributed by atoms with Gasteiger partial charge < -0.3 is 15.2 Å². The average Bonchev–Trinajstić information content (AvgIpc) is 3.27. The number of anilines is 2. The Kier molecular flexibility index (Phi) is 5.59. The van der Waals surface area contributed by atoms with Gasteiger partial charge in [-0.05, 0) is 49.1 Å². The fraction of sp³-hybridized carbons (Fsp3) is 0.333. The molecule has 2 amide bonds. The van der Waals surface area contributed by atoms with Crippen LogP contribution in [-0.4, -0.2) is 22.0 Å². The van der Waals surface area contributed by atoms with Crippen molar-refractivity contribution >= 4 is 23.2 Å². The number of amides is 2. The van der Waals surface area contributed by atoms with Crippen LogP contribution in [0.4, 0.5) is 11.4 Å². The molecule has 31 heavy (non-hydrogen) atoms. The molecule has 2 aromatic carbocycles. The second-order valence-electron chi connectivity index (χ2n) is 8.45. The Balaban J connectivity index is 1.56. The van der Waals surface area contributed by atoms with Crippen molar-refractivity contribution in [2.75, 3.05) is 10.6 Å². The van der Waals surface area contributed by atoms with Crippen LogP contribution in [0, 0.1) is 18.8 Å². The van der Waals surface area contributed by atoms with Crippen LogP contribution in [0.1, 0.15) is 54.9 Å². The average molecular weight is 418 g/mol. The van der Waals surface area contributed by atoms with Gasteiger partial charge >= 0.3 is 0 Å². The second kappa shape index (κ2) is 8.34. The fourth-order valence-corrected chi connectivity index (χ4v) is 3.44. The Labute approximate surface area is 181 Å². The summed E-state index contributed by atoms with van der Waals surface area (Å²) in [5, 5.41) is 9.90.